The van der Waals surface area contributed by atoms with Crippen LogP contribution < -0.4 is 0 Å². The Morgan fingerprint density at radius 1 is 1.41 bits per heavy atom. The number of aryl methyl sites for hydroxylation is 2. The van der Waals surface area contributed by atoms with Crippen LogP contribution in [0.4, 0.5) is 0 Å². The first-order valence-corrected chi connectivity index (χ1v) is 8.31. The van der Waals surface area contributed by atoms with E-state index < -0.39 is 0 Å². The molecular formula is C17H20N2O2S. The Morgan fingerprint density at radius 2 is 2.27 bits per heavy atom. The van der Waals surface area contributed by atoms with E-state index in [1.165, 1.54) is 4.88 Å². The quantitative estimate of drug-likeness (QED) is 0.874. The summed E-state index contributed by atoms with van der Waals surface area (Å²) in [6.07, 6.45) is 2.23. The Kier molecular flexibility index (Phi) is 4.55. The number of rotatable bonds is 3. The summed E-state index contributed by atoms with van der Waals surface area (Å²) in [5.41, 5.74) is 2.07. The molecular weight excluding hydrogens is 296 g/mol. The highest BCUT2D eigenvalue weighted by atomic mass is 32.1. The molecule has 0 saturated carbocycles. The number of hydrogen-bond donors (Lipinski definition) is 0. The molecule has 22 heavy (non-hydrogen) atoms. The molecule has 0 aliphatic carbocycles. The van der Waals surface area contributed by atoms with E-state index in [-0.39, 0.29) is 12.0 Å². The monoisotopic (exact) mass is 316 g/mol. The SMILES string of the molecule is Cc1cc([C@H]2CN(C(=O)Cc3ccc(C)s3)CCO2)ccn1. The van der Waals surface area contributed by atoms with Crippen LogP contribution in [-0.4, -0.2) is 35.5 Å². The van der Waals surface area contributed by atoms with Crippen molar-refractivity contribution in [2.24, 2.45) is 0 Å². The fourth-order valence-corrected chi connectivity index (χ4v) is 3.57. The van der Waals surface area contributed by atoms with Gasteiger partial charge in [0.05, 0.1) is 19.6 Å². The maximum absolute atomic E-state index is 12.5. The predicted octanol–water partition coefficient (Wildman–Crippen LogP) is 2.90. The molecule has 5 heteroatoms. The Morgan fingerprint density at radius 3 is 3.00 bits per heavy atom. The third kappa shape index (κ3) is 3.54. The van der Waals surface area contributed by atoms with Gasteiger partial charge in [0, 0.05) is 28.2 Å². The van der Waals surface area contributed by atoms with Crippen molar-refractivity contribution in [3.05, 3.63) is 51.5 Å². The molecule has 116 valence electrons. The average molecular weight is 316 g/mol. The fraction of sp³-hybridized carbons (Fsp3) is 0.412. The summed E-state index contributed by atoms with van der Waals surface area (Å²) in [6, 6.07) is 8.10. The maximum Gasteiger partial charge on any atom is 0.228 e. The van der Waals surface area contributed by atoms with Crippen molar-refractivity contribution in [2.75, 3.05) is 19.7 Å². The van der Waals surface area contributed by atoms with Crippen LogP contribution in [0.1, 0.15) is 27.1 Å². The van der Waals surface area contributed by atoms with E-state index in [9.17, 15) is 4.79 Å². The number of thiophene rings is 1. The van der Waals surface area contributed by atoms with E-state index in [4.69, 9.17) is 4.74 Å². The zero-order valence-corrected chi connectivity index (χ0v) is 13.7. The van der Waals surface area contributed by atoms with Crippen LogP contribution >= 0.6 is 11.3 Å². The van der Waals surface area contributed by atoms with Gasteiger partial charge in [-0.3, -0.25) is 9.78 Å². The Bertz CT molecular complexity index is 668. The minimum Gasteiger partial charge on any atom is -0.370 e. The normalized spacial score (nSPS) is 18.5. The number of carbonyl (C=O) groups is 1. The minimum absolute atomic E-state index is 0.0514. The third-order valence-electron chi connectivity index (χ3n) is 3.83. The first kappa shape index (κ1) is 15.2. The molecule has 4 nitrogen and oxygen atoms in total. The molecule has 1 saturated heterocycles. The van der Waals surface area contributed by atoms with Crippen molar-refractivity contribution >= 4 is 17.2 Å². The van der Waals surface area contributed by atoms with Gasteiger partial charge in [0.1, 0.15) is 6.10 Å². The molecule has 1 aliphatic rings. The van der Waals surface area contributed by atoms with Gasteiger partial charge in [-0.15, -0.1) is 11.3 Å². The highest BCUT2D eigenvalue weighted by Crippen LogP contribution is 2.23. The second-order valence-corrected chi connectivity index (χ2v) is 6.99. The van der Waals surface area contributed by atoms with Crippen LogP contribution in [0.3, 0.4) is 0 Å². The van der Waals surface area contributed by atoms with Crippen LogP contribution in [0, 0.1) is 13.8 Å². The molecule has 3 heterocycles. The van der Waals surface area contributed by atoms with E-state index >= 15 is 0 Å². The summed E-state index contributed by atoms with van der Waals surface area (Å²) >= 11 is 1.69. The number of nitrogens with zero attached hydrogens (tertiary/aromatic N) is 2. The molecule has 2 aromatic rings. The molecule has 1 fully saturated rings. The van der Waals surface area contributed by atoms with Crippen LogP contribution in [-0.2, 0) is 16.0 Å². The van der Waals surface area contributed by atoms with E-state index in [1.54, 1.807) is 17.5 Å². The van der Waals surface area contributed by atoms with E-state index in [1.807, 2.05) is 30.0 Å². The van der Waals surface area contributed by atoms with E-state index in [0.29, 0.717) is 26.1 Å². The molecule has 0 radical (unpaired) electrons. The predicted molar refractivity (Wildman–Crippen MR) is 87.0 cm³/mol. The standard InChI is InChI=1S/C17H20N2O2S/c1-12-9-14(5-6-18-12)16-11-19(7-8-21-16)17(20)10-15-4-3-13(2)22-15/h3-6,9,16H,7-8,10-11H2,1-2H3/t16-/m1/s1. The van der Waals surface area contributed by atoms with Gasteiger partial charge in [-0.2, -0.15) is 0 Å². The highest BCUT2D eigenvalue weighted by molar-refractivity contribution is 7.12. The minimum atomic E-state index is -0.0514. The van der Waals surface area contributed by atoms with Crippen molar-refractivity contribution in [3.8, 4) is 0 Å². The first-order chi connectivity index (χ1) is 10.6. The Hall–Kier alpha value is -1.72. The van der Waals surface area contributed by atoms with Gasteiger partial charge in [-0.05, 0) is 43.7 Å². The van der Waals surface area contributed by atoms with Crippen LogP contribution in [0.25, 0.3) is 0 Å². The van der Waals surface area contributed by atoms with Crippen molar-refractivity contribution in [2.45, 2.75) is 26.4 Å². The van der Waals surface area contributed by atoms with Crippen LogP contribution in [0.5, 0.6) is 0 Å². The van der Waals surface area contributed by atoms with Crippen molar-refractivity contribution in [1.29, 1.82) is 0 Å². The average Bonchev–Trinajstić information content (AvgIpc) is 2.92. The lowest BCUT2D eigenvalue weighted by Crippen LogP contribution is -2.42. The summed E-state index contributed by atoms with van der Waals surface area (Å²) in [7, 11) is 0. The second kappa shape index (κ2) is 6.58. The summed E-state index contributed by atoms with van der Waals surface area (Å²) in [5, 5.41) is 0. The molecule has 1 atom stereocenters. The zero-order chi connectivity index (χ0) is 15.5. The molecule has 0 unspecified atom stereocenters. The molecule has 1 aliphatic heterocycles. The van der Waals surface area contributed by atoms with Gasteiger partial charge >= 0.3 is 0 Å². The number of hydrogen-bond acceptors (Lipinski definition) is 4. The van der Waals surface area contributed by atoms with E-state index in [0.717, 1.165) is 16.1 Å². The lowest BCUT2D eigenvalue weighted by molar-refractivity contribution is -0.138. The van der Waals surface area contributed by atoms with Crippen molar-refractivity contribution in [1.82, 2.24) is 9.88 Å². The topological polar surface area (TPSA) is 42.4 Å². The lowest BCUT2D eigenvalue weighted by atomic mass is 10.1. The van der Waals surface area contributed by atoms with E-state index in [2.05, 4.69) is 18.0 Å². The molecule has 0 bridgehead atoms. The summed E-state index contributed by atoms with van der Waals surface area (Å²) < 4.78 is 5.83. The second-order valence-electron chi connectivity index (χ2n) is 5.62. The van der Waals surface area contributed by atoms with Gasteiger partial charge in [0.15, 0.2) is 0 Å². The maximum atomic E-state index is 12.5. The first-order valence-electron chi connectivity index (χ1n) is 7.49. The lowest BCUT2D eigenvalue weighted by Gasteiger charge is -2.33. The molecule has 2 aromatic heterocycles. The largest absolute Gasteiger partial charge is 0.370 e. The molecule has 3 rings (SSSR count). The van der Waals surface area contributed by atoms with Gasteiger partial charge in [-0.1, -0.05) is 0 Å². The summed E-state index contributed by atoms with van der Waals surface area (Å²) in [4.78, 5) is 21.0. The van der Waals surface area contributed by atoms with Crippen molar-refractivity contribution < 1.29 is 9.53 Å². The van der Waals surface area contributed by atoms with Gasteiger partial charge in [-0.25, -0.2) is 0 Å². The van der Waals surface area contributed by atoms with Crippen LogP contribution in [0.15, 0.2) is 30.5 Å². The fourth-order valence-electron chi connectivity index (χ4n) is 2.69. The Labute approximate surface area is 134 Å². The Balaban J connectivity index is 1.66. The van der Waals surface area contributed by atoms with Crippen LogP contribution in [0.2, 0.25) is 0 Å². The van der Waals surface area contributed by atoms with Gasteiger partial charge in [0.25, 0.3) is 0 Å². The number of aromatic nitrogens is 1. The molecule has 0 spiro atoms. The molecule has 1 amide bonds. The summed E-state index contributed by atoms with van der Waals surface area (Å²) in [5.74, 6) is 0.181. The van der Waals surface area contributed by atoms with Gasteiger partial charge in [0.2, 0.25) is 5.91 Å². The number of ether oxygens (including phenoxy) is 1. The smallest absolute Gasteiger partial charge is 0.228 e. The molecule has 0 N–H and O–H groups in total. The number of carbonyl (C=O) groups excluding carboxylic acids is 1. The number of morpholine rings is 1. The van der Waals surface area contributed by atoms with Crippen molar-refractivity contribution in [3.63, 3.8) is 0 Å². The zero-order valence-electron chi connectivity index (χ0n) is 12.9. The number of amides is 1. The number of pyridine rings is 1. The third-order valence-corrected chi connectivity index (χ3v) is 4.83. The highest BCUT2D eigenvalue weighted by Gasteiger charge is 2.25. The van der Waals surface area contributed by atoms with Gasteiger partial charge < -0.3 is 9.64 Å². The molecule has 0 aromatic carbocycles. The summed E-state index contributed by atoms with van der Waals surface area (Å²) in [6.45, 7) is 5.90.